The fourth-order valence-electron chi connectivity index (χ4n) is 2.77. The maximum absolute atomic E-state index is 12.5. The highest BCUT2D eigenvalue weighted by atomic mass is 32.1. The number of Topliss-reactive ketones (excluding diaryl/α,β-unsaturated/α-hetero) is 1. The number of ether oxygens (including phenoxy) is 2. The molecule has 0 spiro atoms. The van der Waals surface area contributed by atoms with Gasteiger partial charge in [-0.15, -0.1) is 11.3 Å². The van der Waals surface area contributed by atoms with E-state index in [1.54, 1.807) is 29.5 Å². The van der Waals surface area contributed by atoms with Gasteiger partial charge >= 0.3 is 0 Å². The lowest BCUT2D eigenvalue weighted by molar-refractivity contribution is -0.123. The summed E-state index contributed by atoms with van der Waals surface area (Å²) in [5.41, 5.74) is 1.53. The van der Waals surface area contributed by atoms with Gasteiger partial charge in [-0.25, -0.2) is 0 Å². The first kappa shape index (κ1) is 19.6. The molecule has 0 aliphatic carbocycles. The molecule has 1 amide bonds. The summed E-state index contributed by atoms with van der Waals surface area (Å²) in [5.74, 6) is 0.512. The lowest BCUT2D eigenvalue weighted by Crippen LogP contribution is -2.32. The van der Waals surface area contributed by atoms with E-state index in [4.69, 9.17) is 9.47 Å². The van der Waals surface area contributed by atoms with Crippen LogP contribution in [0.25, 0.3) is 0 Å². The number of thiophene rings is 1. The molecule has 3 rings (SSSR count). The van der Waals surface area contributed by atoms with Crippen molar-refractivity contribution >= 4 is 23.0 Å². The highest BCUT2D eigenvalue weighted by Crippen LogP contribution is 2.29. The zero-order valence-electron chi connectivity index (χ0n) is 15.7. The largest absolute Gasteiger partial charge is 0.493 e. The zero-order chi connectivity index (χ0) is 19.9. The number of nitrogens with one attached hydrogen (secondary N) is 1. The number of amides is 1. The molecule has 0 aliphatic heterocycles. The maximum Gasteiger partial charge on any atom is 0.258 e. The summed E-state index contributed by atoms with van der Waals surface area (Å²) >= 11 is 1.59. The topological polar surface area (TPSA) is 64.6 Å². The lowest BCUT2D eigenvalue weighted by atomic mass is 10.1. The van der Waals surface area contributed by atoms with Crippen LogP contribution in [0.4, 0.5) is 0 Å². The van der Waals surface area contributed by atoms with Crippen LogP contribution in [0.3, 0.4) is 0 Å². The van der Waals surface area contributed by atoms with E-state index in [9.17, 15) is 9.59 Å². The summed E-state index contributed by atoms with van der Waals surface area (Å²) < 4.78 is 10.9. The monoisotopic (exact) mass is 395 g/mol. The summed E-state index contributed by atoms with van der Waals surface area (Å²) in [7, 11) is 1.49. The van der Waals surface area contributed by atoms with Crippen LogP contribution < -0.4 is 14.8 Å². The van der Waals surface area contributed by atoms with Gasteiger partial charge in [0.2, 0.25) is 0 Å². The van der Waals surface area contributed by atoms with E-state index in [-0.39, 0.29) is 24.3 Å². The minimum atomic E-state index is -0.250. The Bertz CT molecular complexity index is 938. The first-order valence-electron chi connectivity index (χ1n) is 8.78. The molecule has 6 heteroatoms. The van der Waals surface area contributed by atoms with E-state index >= 15 is 0 Å². The van der Waals surface area contributed by atoms with E-state index in [2.05, 4.69) is 5.32 Å². The Morgan fingerprint density at radius 3 is 2.46 bits per heavy atom. The smallest absolute Gasteiger partial charge is 0.258 e. The van der Waals surface area contributed by atoms with E-state index in [1.807, 2.05) is 47.8 Å². The van der Waals surface area contributed by atoms with Gasteiger partial charge in [0, 0.05) is 10.4 Å². The van der Waals surface area contributed by atoms with Crippen molar-refractivity contribution < 1.29 is 19.1 Å². The second-order valence-corrected chi connectivity index (χ2v) is 7.12. The van der Waals surface area contributed by atoms with Crippen LogP contribution in [0.1, 0.15) is 33.8 Å². The van der Waals surface area contributed by atoms with Crippen LogP contribution in [-0.4, -0.2) is 25.4 Å². The molecule has 144 valence electrons. The number of hydrogen-bond donors (Lipinski definition) is 1. The predicted octanol–water partition coefficient (Wildman–Crippen LogP) is 4.24. The summed E-state index contributed by atoms with van der Waals surface area (Å²) in [6.45, 7) is 1.32. The average molecular weight is 395 g/mol. The Morgan fingerprint density at radius 2 is 1.82 bits per heavy atom. The highest BCUT2D eigenvalue weighted by molar-refractivity contribution is 7.10. The SMILES string of the molecule is COc1cc(C(C)=O)ccc1OCC(=O)NC(c1ccccc1)c1cccs1. The normalized spacial score (nSPS) is 11.5. The van der Waals surface area contributed by atoms with Crippen molar-refractivity contribution in [2.24, 2.45) is 0 Å². The Labute approximate surface area is 167 Å². The quantitative estimate of drug-likeness (QED) is 0.579. The molecular weight excluding hydrogens is 374 g/mol. The average Bonchev–Trinajstić information content (AvgIpc) is 3.25. The molecule has 1 heterocycles. The predicted molar refractivity (Wildman–Crippen MR) is 109 cm³/mol. The summed E-state index contributed by atoms with van der Waals surface area (Å²) in [6.07, 6.45) is 0. The van der Waals surface area contributed by atoms with Gasteiger partial charge in [0.05, 0.1) is 13.2 Å². The number of benzene rings is 2. The van der Waals surface area contributed by atoms with Gasteiger partial charge in [-0.2, -0.15) is 0 Å². The second-order valence-electron chi connectivity index (χ2n) is 6.14. The standard InChI is InChI=1S/C22H21NO4S/c1-15(24)17-10-11-18(19(13-17)26-2)27-14-21(25)23-22(20-9-6-12-28-20)16-7-4-3-5-8-16/h3-13,22H,14H2,1-2H3,(H,23,25). The van der Waals surface area contributed by atoms with Gasteiger partial charge in [-0.1, -0.05) is 36.4 Å². The molecule has 1 unspecified atom stereocenters. The summed E-state index contributed by atoms with van der Waals surface area (Å²) in [5, 5.41) is 5.01. The Kier molecular flexibility index (Phi) is 6.45. The lowest BCUT2D eigenvalue weighted by Gasteiger charge is -2.18. The number of rotatable bonds is 8. The molecule has 0 saturated carbocycles. The molecule has 0 bridgehead atoms. The third-order valence-electron chi connectivity index (χ3n) is 4.19. The van der Waals surface area contributed by atoms with Crippen molar-refractivity contribution in [3.63, 3.8) is 0 Å². The highest BCUT2D eigenvalue weighted by Gasteiger charge is 2.18. The second kappa shape index (κ2) is 9.19. The number of methoxy groups -OCH3 is 1. The van der Waals surface area contributed by atoms with Crippen LogP contribution in [0, 0.1) is 0 Å². The van der Waals surface area contributed by atoms with Crippen molar-refractivity contribution in [1.29, 1.82) is 0 Å². The van der Waals surface area contributed by atoms with Gasteiger partial charge in [0.25, 0.3) is 5.91 Å². The Morgan fingerprint density at radius 1 is 1.04 bits per heavy atom. The minimum absolute atomic E-state index is 0.0655. The third kappa shape index (κ3) is 4.78. The molecule has 2 aromatic carbocycles. The van der Waals surface area contributed by atoms with Crippen molar-refractivity contribution in [3.8, 4) is 11.5 Å². The van der Waals surface area contributed by atoms with E-state index in [0.717, 1.165) is 10.4 Å². The third-order valence-corrected chi connectivity index (χ3v) is 5.13. The van der Waals surface area contributed by atoms with Crippen molar-refractivity contribution in [2.45, 2.75) is 13.0 Å². The van der Waals surface area contributed by atoms with Crippen LogP contribution in [0.15, 0.2) is 66.0 Å². The molecule has 28 heavy (non-hydrogen) atoms. The van der Waals surface area contributed by atoms with Gasteiger partial charge < -0.3 is 14.8 Å². The molecule has 1 atom stereocenters. The first-order valence-corrected chi connectivity index (χ1v) is 9.66. The molecule has 1 aromatic heterocycles. The number of hydrogen-bond acceptors (Lipinski definition) is 5. The molecule has 5 nitrogen and oxygen atoms in total. The van der Waals surface area contributed by atoms with Crippen molar-refractivity contribution in [2.75, 3.05) is 13.7 Å². The Hall–Kier alpha value is -3.12. The van der Waals surface area contributed by atoms with Crippen LogP contribution in [0.2, 0.25) is 0 Å². The molecule has 0 radical (unpaired) electrons. The van der Waals surface area contributed by atoms with E-state index < -0.39 is 0 Å². The van der Waals surface area contributed by atoms with Crippen molar-refractivity contribution in [1.82, 2.24) is 5.32 Å². The molecule has 0 saturated heterocycles. The maximum atomic E-state index is 12.5. The van der Waals surface area contributed by atoms with Gasteiger partial charge in [0.1, 0.15) is 0 Å². The number of carbonyl (C=O) groups is 2. The first-order chi connectivity index (χ1) is 13.6. The zero-order valence-corrected chi connectivity index (χ0v) is 16.5. The van der Waals surface area contributed by atoms with Gasteiger partial charge in [-0.05, 0) is 42.1 Å². The Balaban J connectivity index is 1.70. The van der Waals surface area contributed by atoms with E-state index in [1.165, 1.54) is 14.0 Å². The van der Waals surface area contributed by atoms with Crippen LogP contribution >= 0.6 is 11.3 Å². The fraction of sp³-hybridized carbons (Fsp3) is 0.182. The molecule has 0 fully saturated rings. The van der Waals surface area contributed by atoms with Crippen molar-refractivity contribution in [3.05, 3.63) is 82.0 Å². The molecule has 0 aliphatic rings. The molecule has 3 aromatic rings. The number of ketones is 1. The van der Waals surface area contributed by atoms with Crippen LogP contribution in [-0.2, 0) is 4.79 Å². The van der Waals surface area contributed by atoms with E-state index in [0.29, 0.717) is 17.1 Å². The van der Waals surface area contributed by atoms with Gasteiger partial charge in [-0.3, -0.25) is 9.59 Å². The van der Waals surface area contributed by atoms with Crippen LogP contribution in [0.5, 0.6) is 11.5 Å². The minimum Gasteiger partial charge on any atom is -0.493 e. The molecular formula is C22H21NO4S. The number of carbonyl (C=O) groups excluding carboxylic acids is 2. The summed E-state index contributed by atoms with van der Waals surface area (Å²) in [6, 6.07) is 18.4. The fourth-order valence-corrected chi connectivity index (χ4v) is 3.57. The summed E-state index contributed by atoms with van der Waals surface area (Å²) in [4.78, 5) is 25.1. The molecule has 1 N–H and O–H groups in total. The van der Waals surface area contributed by atoms with Gasteiger partial charge in [0.15, 0.2) is 23.9 Å².